The summed E-state index contributed by atoms with van der Waals surface area (Å²) in [6.07, 6.45) is 1.47. The number of rotatable bonds is 9. The van der Waals surface area contributed by atoms with Gasteiger partial charge in [0.25, 0.3) is 0 Å². The van der Waals surface area contributed by atoms with Gasteiger partial charge in [0.1, 0.15) is 0 Å². The van der Waals surface area contributed by atoms with Crippen LogP contribution < -0.4 is 10.6 Å². The molecule has 0 aliphatic rings. The van der Waals surface area contributed by atoms with Crippen molar-refractivity contribution in [3.8, 4) is 0 Å². The maximum Gasteiger partial charge on any atom is 0.220 e. The second-order valence-corrected chi connectivity index (χ2v) is 4.68. The highest BCUT2D eigenvalue weighted by atomic mass is 35.5. The van der Waals surface area contributed by atoms with Gasteiger partial charge in [-0.3, -0.25) is 9.59 Å². The van der Waals surface area contributed by atoms with Crippen molar-refractivity contribution in [2.24, 2.45) is 0 Å². The molecule has 2 N–H and O–H groups in total. The molecule has 1 amide bonds. The summed E-state index contributed by atoms with van der Waals surface area (Å²) < 4.78 is 0. The van der Waals surface area contributed by atoms with Gasteiger partial charge in [-0.15, -0.1) is 12.4 Å². The molecule has 0 aliphatic carbocycles. The minimum Gasteiger partial charge on any atom is -0.355 e. The Kier molecular flexibility index (Phi) is 10.5. The number of ketones is 1. The summed E-state index contributed by atoms with van der Waals surface area (Å²) in [7, 11) is 0. The van der Waals surface area contributed by atoms with E-state index in [4.69, 9.17) is 0 Å². The van der Waals surface area contributed by atoms with Crippen LogP contribution in [0.15, 0.2) is 24.3 Å². The van der Waals surface area contributed by atoms with E-state index in [2.05, 4.69) is 17.6 Å². The third kappa shape index (κ3) is 7.83. The van der Waals surface area contributed by atoms with Crippen LogP contribution in [0.4, 0.5) is 0 Å². The van der Waals surface area contributed by atoms with Crippen molar-refractivity contribution in [2.75, 3.05) is 19.6 Å². The lowest BCUT2D eigenvalue weighted by atomic mass is 10.0. The minimum absolute atomic E-state index is 0. The normalized spacial score (nSPS) is 9.81. The first-order valence-corrected chi connectivity index (χ1v) is 7.27. The van der Waals surface area contributed by atoms with E-state index in [1.54, 1.807) is 0 Å². The first-order chi connectivity index (χ1) is 9.67. The minimum atomic E-state index is -0.0681. The number of benzene rings is 1. The van der Waals surface area contributed by atoms with Gasteiger partial charge < -0.3 is 10.6 Å². The Balaban J connectivity index is 0.00000400. The average Bonchev–Trinajstić information content (AvgIpc) is 2.49. The molecule has 0 unspecified atom stereocenters. The summed E-state index contributed by atoms with van der Waals surface area (Å²) >= 11 is 0. The highest BCUT2D eigenvalue weighted by molar-refractivity contribution is 5.97. The predicted molar refractivity (Wildman–Crippen MR) is 88.2 cm³/mol. The van der Waals surface area contributed by atoms with E-state index in [9.17, 15) is 9.59 Å². The van der Waals surface area contributed by atoms with Crippen molar-refractivity contribution in [3.63, 3.8) is 0 Å². The summed E-state index contributed by atoms with van der Waals surface area (Å²) in [5.74, 6) is -0.0454. The Hall–Kier alpha value is -1.39. The smallest absolute Gasteiger partial charge is 0.220 e. The lowest BCUT2D eigenvalue weighted by Crippen LogP contribution is -2.31. The number of hydrogen-bond donors (Lipinski definition) is 2. The topological polar surface area (TPSA) is 58.2 Å². The molecule has 1 rings (SSSR count). The SMILES string of the molecule is CCNCCNC(=O)CCC(=O)c1ccc(CC)cc1.Cl. The highest BCUT2D eigenvalue weighted by Gasteiger charge is 2.08. The van der Waals surface area contributed by atoms with Gasteiger partial charge in [-0.2, -0.15) is 0 Å². The zero-order chi connectivity index (χ0) is 14.8. The number of hydrogen-bond acceptors (Lipinski definition) is 3. The van der Waals surface area contributed by atoms with Crippen molar-refractivity contribution >= 4 is 24.1 Å². The number of aryl methyl sites for hydroxylation is 1. The van der Waals surface area contributed by atoms with Crippen LogP contribution in [-0.4, -0.2) is 31.3 Å². The van der Waals surface area contributed by atoms with Crippen molar-refractivity contribution in [3.05, 3.63) is 35.4 Å². The first-order valence-electron chi connectivity index (χ1n) is 7.27. The van der Waals surface area contributed by atoms with Crippen LogP contribution in [0, 0.1) is 0 Å². The van der Waals surface area contributed by atoms with Crippen LogP contribution >= 0.6 is 12.4 Å². The summed E-state index contributed by atoms with van der Waals surface area (Å²) in [5, 5.41) is 5.91. The molecule has 0 bridgehead atoms. The fraction of sp³-hybridized carbons (Fsp3) is 0.500. The molecule has 0 aromatic heterocycles. The number of halogens is 1. The van der Waals surface area contributed by atoms with Crippen LogP contribution in [-0.2, 0) is 11.2 Å². The van der Waals surface area contributed by atoms with Gasteiger partial charge in [0, 0.05) is 31.5 Å². The van der Waals surface area contributed by atoms with Crippen LogP contribution in [0.3, 0.4) is 0 Å². The van der Waals surface area contributed by atoms with Crippen LogP contribution in [0.25, 0.3) is 0 Å². The van der Waals surface area contributed by atoms with Crippen LogP contribution in [0.1, 0.15) is 42.6 Å². The number of carbonyl (C=O) groups is 2. The van der Waals surface area contributed by atoms with E-state index < -0.39 is 0 Å². The maximum absolute atomic E-state index is 11.9. The van der Waals surface area contributed by atoms with E-state index in [-0.39, 0.29) is 36.9 Å². The third-order valence-electron chi connectivity index (χ3n) is 3.14. The molecule has 0 heterocycles. The molecule has 1 aromatic rings. The number of Topliss-reactive ketones (excluding diaryl/α,β-unsaturated/α-hetero) is 1. The Bertz CT molecular complexity index is 432. The predicted octanol–water partition coefficient (Wildman–Crippen LogP) is 2.36. The molecule has 0 saturated heterocycles. The number of carbonyl (C=O) groups excluding carboxylic acids is 2. The molecular formula is C16H25ClN2O2. The average molecular weight is 313 g/mol. The molecule has 0 radical (unpaired) electrons. The highest BCUT2D eigenvalue weighted by Crippen LogP contribution is 2.08. The second-order valence-electron chi connectivity index (χ2n) is 4.68. The van der Waals surface area contributed by atoms with Crippen molar-refractivity contribution in [1.82, 2.24) is 10.6 Å². The lowest BCUT2D eigenvalue weighted by Gasteiger charge is -2.05. The van der Waals surface area contributed by atoms with E-state index >= 15 is 0 Å². The van der Waals surface area contributed by atoms with Gasteiger partial charge in [-0.05, 0) is 18.5 Å². The fourth-order valence-corrected chi connectivity index (χ4v) is 1.85. The monoisotopic (exact) mass is 312 g/mol. The molecule has 21 heavy (non-hydrogen) atoms. The Morgan fingerprint density at radius 1 is 1.00 bits per heavy atom. The first kappa shape index (κ1) is 19.6. The molecule has 0 atom stereocenters. The van der Waals surface area contributed by atoms with Gasteiger partial charge in [-0.1, -0.05) is 38.1 Å². The van der Waals surface area contributed by atoms with Gasteiger partial charge >= 0.3 is 0 Å². The summed E-state index contributed by atoms with van der Waals surface area (Å²) in [5.41, 5.74) is 1.89. The van der Waals surface area contributed by atoms with Crippen LogP contribution in [0.2, 0.25) is 0 Å². The Morgan fingerprint density at radius 2 is 1.67 bits per heavy atom. The molecule has 1 aromatic carbocycles. The summed E-state index contributed by atoms with van der Waals surface area (Å²) in [4.78, 5) is 23.5. The molecular weight excluding hydrogens is 288 g/mol. The molecule has 0 saturated carbocycles. The van der Waals surface area contributed by atoms with Gasteiger partial charge in [0.15, 0.2) is 5.78 Å². The zero-order valence-electron chi connectivity index (χ0n) is 12.8. The quantitative estimate of drug-likeness (QED) is 0.543. The van der Waals surface area contributed by atoms with E-state index in [0.29, 0.717) is 12.1 Å². The summed E-state index contributed by atoms with van der Waals surface area (Å²) in [6.45, 7) is 6.35. The largest absolute Gasteiger partial charge is 0.355 e. The van der Waals surface area contributed by atoms with Gasteiger partial charge in [0.05, 0.1) is 0 Å². The molecule has 4 nitrogen and oxygen atoms in total. The third-order valence-corrected chi connectivity index (χ3v) is 3.14. The molecule has 0 fully saturated rings. The fourth-order valence-electron chi connectivity index (χ4n) is 1.85. The lowest BCUT2D eigenvalue weighted by molar-refractivity contribution is -0.121. The zero-order valence-corrected chi connectivity index (χ0v) is 13.6. The van der Waals surface area contributed by atoms with E-state index in [0.717, 1.165) is 19.5 Å². The standard InChI is InChI=1S/C16H24N2O2.ClH/c1-3-13-5-7-14(8-6-13)15(19)9-10-16(20)18-12-11-17-4-2;/h5-8,17H,3-4,9-12H2,1-2H3,(H,18,20);1H. The van der Waals surface area contributed by atoms with E-state index in [1.165, 1.54) is 5.56 Å². The molecule has 0 aliphatic heterocycles. The second kappa shape index (κ2) is 11.3. The number of amides is 1. The Labute approximate surface area is 133 Å². The summed E-state index contributed by atoms with van der Waals surface area (Å²) in [6, 6.07) is 7.60. The number of nitrogens with one attached hydrogen (secondary N) is 2. The Morgan fingerprint density at radius 3 is 2.24 bits per heavy atom. The molecule has 0 spiro atoms. The van der Waals surface area contributed by atoms with Crippen molar-refractivity contribution in [2.45, 2.75) is 33.1 Å². The van der Waals surface area contributed by atoms with Crippen LogP contribution in [0.5, 0.6) is 0 Å². The van der Waals surface area contributed by atoms with Crippen molar-refractivity contribution in [1.29, 1.82) is 0 Å². The molecule has 118 valence electrons. The van der Waals surface area contributed by atoms with Gasteiger partial charge in [0.2, 0.25) is 5.91 Å². The number of likely N-dealkylation sites (N-methyl/N-ethyl adjacent to an activating group) is 1. The maximum atomic E-state index is 11.9. The molecule has 5 heteroatoms. The van der Waals surface area contributed by atoms with E-state index in [1.807, 2.05) is 31.2 Å². The van der Waals surface area contributed by atoms with Gasteiger partial charge in [-0.25, -0.2) is 0 Å². The van der Waals surface area contributed by atoms with Crippen molar-refractivity contribution < 1.29 is 9.59 Å².